The van der Waals surface area contributed by atoms with Gasteiger partial charge < -0.3 is 15.0 Å². The van der Waals surface area contributed by atoms with E-state index in [1.165, 1.54) is 19.3 Å². The molecule has 1 aliphatic carbocycles. The molecule has 1 heterocycles. The van der Waals surface area contributed by atoms with Crippen LogP contribution in [0.15, 0.2) is 0 Å². The maximum Gasteiger partial charge on any atom is 0.410 e. The Morgan fingerprint density at radius 2 is 2.00 bits per heavy atom. The highest BCUT2D eigenvalue weighted by molar-refractivity contribution is 5.68. The van der Waals surface area contributed by atoms with Crippen molar-refractivity contribution in [3.63, 3.8) is 0 Å². The molecule has 4 nitrogen and oxygen atoms in total. The number of carbonyl (C=O) groups excluding carboxylic acids is 1. The van der Waals surface area contributed by atoms with Gasteiger partial charge in [0.2, 0.25) is 0 Å². The molecule has 0 aromatic rings. The van der Waals surface area contributed by atoms with Gasteiger partial charge in [0.25, 0.3) is 0 Å². The van der Waals surface area contributed by atoms with Gasteiger partial charge in [0.1, 0.15) is 5.60 Å². The first-order chi connectivity index (χ1) is 7.90. The Bertz CT molecular complexity index is 292. The maximum absolute atomic E-state index is 12.1. The fourth-order valence-corrected chi connectivity index (χ4v) is 2.54. The van der Waals surface area contributed by atoms with Gasteiger partial charge in [-0.2, -0.15) is 0 Å². The minimum absolute atomic E-state index is 0.160. The van der Waals surface area contributed by atoms with Crippen molar-refractivity contribution in [3.05, 3.63) is 0 Å². The summed E-state index contributed by atoms with van der Waals surface area (Å²) in [6, 6.07) is 0. The molecule has 0 bridgehead atoms. The van der Waals surface area contributed by atoms with Gasteiger partial charge in [0, 0.05) is 18.6 Å². The minimum Gasteiger partial charge on any atom is -0.444 e. The SMILES string of the molecule is CC(C)(C)OC(=O)N1CCCNC2(CCC2)C1. The highest BCUT2D eigenvalue weighted by Gasteiger charge is 2.41. The first kappa shape index (κ1) is 12.7. The zero-order chi connectivity index (χ0) is 12.5. The van der Waals surface area contributed by atoms with Crippen LogP contribution in [0.1, 0.15) is 46.5 Å². The van der Waals surface area contributed by atoms with Crippen LogP contribution in [-0.2, 0) is 4.74 Å². The molecule has 98 valence electrons. The van der Waals surface area contributed by atoms with Crippen LogP contribution in [0.2, 0.25) is 0 Å². The van der Waals surface area contributed by atoms with E-state index in [1.807, 2.05) is 25.7 Å². The second-order valence-corrected chi connectivity index (χ2v) is 6.32. The Labute approximate surface area is 104 Å². The predicted molar refractivity (Wildman–Crippen MR) is 67.0 cm³/mol. The van der Waals surface area contributed by atoms with Gasteiger partial charge in [0.15, 0.2) is 0 Å². The van der Waals surface area contributed by atoms with E-state index in [0.29, 0.717) is 0 Å². The molecule has 0 unspecified atom stereocenters. The highest BCUT2D eigenvalue weighted by atomic mass is 16.6. The summed E-state index contributed by atoms with van der Waals surface area (Å²) in [5, 5.41) is 3.59. The third kappa shape index (κ3) is 3.12. The number of nitrogens with zero attached hydrogens (tertiary/aromatic N) is 1. The third-order valence-corrected chi connectivity index (χ3v) is 3.56. The average Bonchev–Trinajstić information content (AvgIpc) is 2.35. The van der Waals surface area contributed by atoms with E-state index in [0.717, 1.165) is 26.1 Å². The topological polar surface area (TPSA) is 41.6 Å². The zero-order valence-electron chi connectivity index (χ0n) is 11.2. The molecule has 2 aliphatic rings. The van der Waals surface area contributed by atoms with Crippen molar-refractivity contribution in [2.45, 2.75) is 57.6 Å². The number of hydrogen-bond donors (Lipinski definition) is 1. The van der Waals surface area contributed by atoms with Crippen molar-refractivity contribution in [1.82, 2.24) is 10.2 Å². The molecule has 1 amide bonds. The van der Waals surface area contributed by atoms with Crippen molar-refractivity contribution >= 4 is 6.09 Å². The zero-order valence-corrected chi connectivity index (χ0v) is 11.2. The van der Waals surface area contributed by atoms with Gasteiger partial charge in [0.05, 0.1) is 0 Å². The molecule has 0 atom stereocenters. The number of carbonyl (C=O) groups is 1. The quantitative estimate of drug-likeness (QED) is 0.705. The van der Waals surface area contributed by atoms with E-state index in [4.69, 9.17) is 4.74 Å². The van der Waals surface area contributed by atoms with E-state index in [9.17, 15) is 4.79 Å². The number of amides is 1. The molecule has 1 saturated heterocycles. The second-order valence-electron chi connectivity index (χ2n) is 6.32. The Morgan fingerprint density at radius 1 is 1.29 bits per heavy atom. The molecule has 0 radical (unpaired) electrons. The predicted octanol–water partition coefficient (Wildman–Crippen LogP) is 2.14. The maximum atomic E-state index is 12.1. The number of rotatable bonds is 0. The number of ether oxygens (including phenoxy) is 1. The lowest BCUT2D eigenvalue weighted by atomic mass is 9.76. The molecule has 0 aromatic heterocycles. The normalized spacial score (nSPS) is 24.1. The Hall–Kier alpha value is -0.770. The van der Waals surface area contributed by atoms with Crippen molar-refractivity contribution in [2.24, 2.45) is 0 Å². The second kappa shape index (κ2) is 4.48. The lowest BCUT2D eigenvalue weighted by Gasteiger charge is -2.44. The molecular formula is C13H24N2O2. The van der Waals surface area contributed by atoms with Crippen LogP contribution in [0.3, 0.4) is 0 Å². The van der Waals surface area contributed by atoms with E-state index in [-0.39, 0.29) is 11.6 Å². The summed E-state index contributed by atoms with van der Waals surface area (Å²) >= 11 is 0. The van der Waals surface area contributed by atoms with Crippen LogP contribution in [0.25, 0.3) is 0 Å². The lowest BCUT2D eigenvalue weighted by Crippen LogP contribution is -2.57. The van der Waals surface area contributed by atoms with E-state index < -0.39 is 5.60 Å². The van der Waals surface area contributed by atoms with Crippen LogP contribution < -0.4 is 5.32 Å². The summed E-state index contributed by atoms with van der Waals surface area (Å²) in [6.45, 7) is 8.38. The van der Waals surface area contributed by atoms with E-state index >= 15 is 0 Å². The standard InChI is InChI=1S/C13H24N2O2/c1-12(2,3)17-11(16)15-9-5-8-14-13(10-15)6-4-7-13/h14H,4-10H2,1-3H3. The monoisotopic (exact) mass is 240 g/mol. The number of hydrogen-bond acceptors (Lipinski definition) is 3. The van der Waals surface area contributed by atoms with Crippen molar-refractivity contribution in [2.75, 3.05) is 19.6 Å². The molecule has 1 aliphatic heterocycles. The molecule has 17 heavy (non-hydrogen) atoms. The minimum atomic E-state index is -0.399. The van der Waals surface area contributed by atoms with Crippen LogP contribution in [0.4, 0.5) is 4.79 Å². The smallest absolute Gasteiger partial charge is 0.410 e. The molecule has 2 rings (SSSR count). The van der Waals surface area contributed by atoms with Crippen LogP contribution >= 0.6 is 0 Å². The van der Waals surface area contributed by atoms with Crippen LogP contribution in [0, 0.1) is 0 Å². The summed E-state index contributed by atoms with van der Waals surface area (Å²) in [4.78, 5) is 13.9. The first-order valence-corrected chi connectivity index (χ1v) is 6.63. The molecule has 4 heteroatoms. The average molecular weight is 240 g/mol. The number of nitrogens with one attached hydrogen (secondary N) is 1. The van der Waals surface area contributed by atoms with E-state index in [2.05, 4.69) is 5.32 Å². The molecule has 1 saturated carbocycles. The Kier molecular flexibility index (Phi) is 3.34. The molecule has 0 aromatic carbocycles. The van der Waals surface area contributed by atoms with Crippen LogP contribution in [0.5, 0.6) is 0 Å². The van der Waals surface area contributed by atoms with Gasteiger partial charge in [-0.1, -0.05) is 0 Å². The largest absolute Gasteiger partial charge is 0.444 e. The Morgan fingerprint density at radius 3 is 2.53 bits per heavy atom. The molecule has 1 N–H and O–H groups in total. The van der Waals surface area contributed by atoms with Gasteiger partial charge >= 0.3 is 6.09 Å². The highest BCUT2D eigenvalue weighted by Crippen LogP contribution is 2.34. The van der Waals surface area contributed by atoms with E-state index in [1.54, 1.807) is 0 Å². The van der Waals surface area contributed by atoms with Gasteiger partial charge in [-0.05, 0) is 53.0 Å². The lowest BCUT2D eigenvalue weighted by molar-refractivity contribution is 0.0170. The third-order valence-electron chi connectivity index (χ3n) is 3.56. The van der Waals surface area contributed by atoms with Crippen LogP contribution in [-0.4, -0.2) is 41.8 Å². The van der Waals surface area contributed by atoms with Crippen molar-refractivity contribution in [3.8, 4) is 0 Å². The van der Waals surface area contributed by atoms with Gasteiger partial charge in [-0.15, -0.1) is 0 Å². The summed E-state index contributed by atoms with van der Waals surface area (Å²) < 4.78 is 5.45. The van der Waals surface area contributed by atoms with Crippen molar-refractivity contribution < 1.29 is 9.53 Å². The molecule has 2 fully saturated rings. The fourth-order valence-electron chi connectivity index (χ4n) is 2.54. The van der Waals surface area contributed by atoms with Gasteiger partial charge in [-0.3, -0.25) is 0 Å². The first-order valence-electron chi connectivity index (χ1n) is 6.63. The van der Waals surface area contributed by atoms with Crippen molar-refractivity contribution in [1.29, 1.82) is 0 Å². The van der Waals surface area contributed by atoms with Gasteiger partial charge in [-0.25, -0.2) is 4.79 Å². The summed E-state index contributed by atoms with van der Waals surface area (Å²) in [5.74, 6) is 0. The summed E-state index contributed by atoms with van der Waals surface area (Å²) in [6.07, 6.45) is 4.50. The Balaban J connectivity index is 1.97. The molecule has 1 spiro atoms. The summed E-state index contributed by atoms with van der Waals surface area (Å²) in [5.41, 5.74) is -0.211. The summed E-state index contributed by atoms with van der Waals surface area (Å²) in [7, 11) is 0. The fraction of sp³-hybridized carbons (Fsp3) is 0.923. The molecular weight excluding hydrogens is 216 g/mol.